The predicted octanol–water partition coefficient (Wildman–Crippen LogP) is 3.97. The van der Waals surface area contributed by atoms with Crippen molar-refractivity contribution in [2.24, 2.45) is 0 Å². The van der Waals surface area contributed by atoms with Gasteiger partial charge in [-0.05, 0) is 18.2 Å². The molecule has 32 heavy (non-hydrogen) atoms. The van der Waals surface area contributed by atoms with Gasteiger partial charge in [-0.3, -0.25) is 4.98 Å². The summed E-state index contributed by atoms with van der Waals surface area (Å²) >= 11 is 6.67. The Morgan fingerprint density at radius 3 is 2.91 bits per heavy atom. The molecule has 0 saturated carbocycles. The molecular weight excluding hydrogens is 441 g/mol. The number of aromatic hydroxyl groups is 1. The second-order valence-electron chi connectivity index (χ2n) is 7.66. The predicted molar refractivity (Wildman–Crippen MR) is 117 cm³/mol. The first-order valence-corrected chi connectivity index (χ1v) is 10.3. The van der Waals surface area contributed by atoms with Crippen LogP contribution in [0.1, 0.15) is 0 Å². The number of fused-ring (bicyclic) bond motifs is 5. The van der Waals surface area contributed by atoms with Gasteiger partial charge in [0.2, 0.25) is 0 Å². The highest BCUT2D eigenvalue weighted by Crippen LogP contribution is 2.50. The number of benzene rings is 2. The highest BCUT2D eigenvalue weighted by molar-refractivity contribution is 6.36. The van der Waals surface area contributed by atoms with Crippen molar-refractivity contribution in [2.75, 3.05) is 38.3 Å². The Bertz CT molecular complexity index is 1230. The molecule has 1 fully saturated rings. The molecule has 0 spiro atoms. The van der Waals surface area contributed by atoms with E-state index in [1.807, 2.05) is 0 Å². The minimum Gasteiger partial charge on any atom is -0.507 e. The number of piperazine rings is 1. The average molecular weight is 460 g/mol. The summed E-state index contributed by atoms with van der Waals surface area (Å²) in [6, 6.07) is 5.45. The van der Waals surface area contributed by atoms with E-state index in [1.165, 1.54) is 30.2 Å². The third-order valence-corrected chi connectivity index (χ3v) is 6.30. The maximum absolute atomic E-state index is 14.6. The lowest BCUT2D eigenvalue weighted by Gasteiger charge is -2.45. The number of hydrogen-bond donors (Lipinski definition) is 2. The smallest absolute Gasteiger partial charge is 0.407 e. The molecule has 0 radical (unpaired) electrons. The summed E-state index contributed by atoms with van der Waals surface area (Å²) in [6.45, 7) is 1.42. The number of nitrogens with zero attached hydrogens (tertiary/aromatic N) is 3. The van der Waals surface area contributed by atoms with Crippen LogP contribution in [-0.2, 0) is 0 Å². The molecule has 0 bridgehead atoms. The number of carbonyl (C=O) groups is 1. The summed E-state index contributed by atoms with van der Waals surface area (Å²) in [5, 5.41) is 20.4. The van der Waals surface area contributed by atoms with Crippen LogP contribution in [-0.4, -0.2) is 65.6 Å². The normalized spacial score (nSPS) is 17.5. The Morgan fingerprint density at radius 2 is 2.19 bits per heavy atom. The highest BCUT2D eigenvalue weighted by atomic mass is 35.5. The number of rotatable bonds is 2. The van der Waals surface area contributed by atoms with Gasteiger partial charge in [0.1, 0.15) is 23.9 Å². The maximum Gasteiger partial charge on any atom is 0.407 e. The molecule has 0 unspecified atom stereocenters. The summed E-state index contributed by atoms with van der Waals surface area (Å²) in [5.74, 6) is -0.0663. The summed E-state index contributed by atoms with van der Waals surface area (Å²) in [5.41, 5.74) is 1.40. The van der Waals surface area contributed by atoms with Crippen LogP contribution in [0.5, 0.6) is 17.2 Å². The van der Waals surface area contributed by atoms with Crippen molar-refractivity contribution < 1.29 is 28.9 Å². The van der Waals surface area contributed by atoms with E-state index in [1.54, 1.807) is 12.3 Å². The second kappa shape index (κ2) is 7.59. The van der Waals surface area contributed by atoms with Crippen molar-refractivity contribution in [3.05, 3.63) is 41.3 Å². The van der Waals surface area contributed by atoms with Gasteiger partial charge in [0.15, 0.2) is 5.75 Å². The van der Waals surface area contributed by atoms with E-state index in [0.29, 0.717) is 48.6 Å². The van der Waals surface area contributed by atoms with E-state index in [-0.39, 0.29) is 33.7 Å². The van der Waals surface area contributed by atoms with E-state index >= 15 is 0 Å². The number of anilines is 1. The number of amides is 1. The zero-order valence-electron chi connectivity index (χ0n) is 17.0. The lowest BCUT2D eigenvalue weighted by atomic mass is 9.98. The Hall–Kier alpha value is -3.46. The van der Waals surface area contributed by atoms with Crippen molar-refractivity contribution in [1.29, 1.82) is 0 Å². The van der Waals surface area contributed by atoms with Crippen LogP contribution in [0.2, 0.25) is 5.02 Å². The van der Waals surface area contributed by atoms with Crippen molar-refractivity contribution in [2.45, 2.75) is 6.04 Å². The van der Waals surface area contributed by atoms with Gasteiger partial charge in [-0.15, -0.1) is 0 Å². The average Bonchev–Trinajstić information content (AvgIpc) is 2.78. The van der Waals surface area contributed by atoms with Crippen LogP contribution in [0.25, 0.3) is 22.0 Å². The first-order valence-electron chi connectivity index (χ1n) is 9.95. The van der Waals surface area contributed by atoms with E-state index in [9.17, 15) is 19.4 Å². The van der Waals surface area contributed by atoms with Crippen molar-refractivity contribution in [3.63, 3.8) is 0 Å². The molecule has 1 aromatic heterocycles. The van der Waals surface area contributed by atoms with Gasteiger partial charge < -0.3 is 29.5 Å². The fraction of sp³-hybridized carbons (Fsp3) is 0.273. The fourth-order valence-corrected chi connectivity index (χ4v) is 4.78. The number of carboxylic acid groups (broad SMARTS) is 1. The number of phenolic OH excluding ortho intramolecular Hbond substituents is 1. The van der Waals surface area contributed by atoms with Gasteiger partial charge in [0.25, 0.3) is 0 Å². The Labute approximate surface area is 187 Å². The fourth-order valence-electron chi connectivity index (χ4n) is 4.46. The molecule has 0 aliphatic carbocycles. The molecule has 10 heteroatoms. The summed E-state index contributed by atoms with van der Waals surface area (Å²) in [7, 11) is 1.45. The molecule has 8 nitrogen and oxygen atoms in total. The minimum atomic E-state index is -0.968. The van der Waals surface area contributed by atoms with Crippen LogP contribution in [0.15, 0.2) is 30.5 Å². The number of pyridine rings is 1. The molecule has 2 aliphatic heterocycles. The van der Waals surface area contributed by atoms with Crippen LogP contribution in [0.3, 0.4) is 0 Å². The molecule has 166 valence electrons. The largest absolute Gasteiger partial charge is 0.507 e. The van der Waals surface area contributed by atoms with Gasteiger partial charge >= 0.3 is 6.09 Å². The lowest BCUT2D eigenvalue weighted by molar-refractivity contribution is 0.123. The Morgan fingerprint density at radius 1 is 1.38 bits per heavy atom. The molecule has 3 heterocycles. The molecule has 1 atom stereocenters. The van der Waals surface area contributed by atoms with Gasteiger partial charge in [-0.1, -0.05) is 17.7 Å². The first-order chi connectivity index (χ1) is 15.4. The minimum absolute atomic E-state index is 0.0404. The van der Waals surface area contributed by atoms with Crippen molar-refractivity contribution in [1.82, 2.24) is 9.88 Å². The highest BCUT2D eigenvalue weighted by Gasteiger charge is 2.37. The summed E-state index contributed by atoms with van der Waals surface area (Å²) < 4.78 is 26.1. The molecular formula is C22H19ClFN3O5. The Balaban J connectivity index is 1.72. The number of phenols is 1. The zero-order valence-corrected chi connectivity index (χ0v) is 17.8. The first kappa shape index (κ1) is 20.4. The molecule has 5 rings (SSSR count). The number of ether oxygens (including phenoxy) is 2. The number of halogens is 2. The number of aromatic nitrogens is 1. The number of hydrogen-bond acceptors (Lipinski definition) is 6. The molecule has 2 aliphatic rings. The van der Waals surface area contributed by atoms with Crippen LogP contribution < -0.4 is 14.4 Å². The van der Waals surface area contributed by atoms with Crippen LogP contribution >= 0.6 is 11.6 Å². The van der Waals surface area contributed by atoms with Gasteiger partial charge in [-0.2, -0.15) is 0 Å². The van der Waals surface area contributed by atoms with Crippen molar-refractivity contribution in [3.8, 4) is 28.4 Å². The van der Waals surface area contributed by atoms with Gasteiger partial charge in [0, 0.05) is 25.2 Å². The van der Waals surface area contributed by atoms with E-state index in [2.05, 4.69) is 9.88 Å². The SMILES string of the molecule is COc1c(Cl)c(-c2c(O)cccc2F)cc2ncc3c(c12)N1CCN(C(=O)O)C[C@@H]1CO3. The standard InChI is InChI=1S/C22H19ClFN3O5/c1-31-21-18-14(7-12(19(21)23)17-13(24)3-2-4-15(17)28)25-8-16-20(18)27-6-5-26(22(29)30)9-11(27)10-32-16/h2-4,7-8,11,28H,5-6,9-10H2,1H3,(H,29,30)/t11-/m1/s1. The maximum atomic E-state index is 14.6. The molecule has 1 amide bonds. The van der Waals surface area contributed by atoms with Gasteiger partial charge in [0.05, 0.1) is 46.5 Å². The molecule has 3 aromatic rings. The van der Waals surface area contributed by atoms with E-state index in [4.69, 9.17) is 21.1 Å². The van der Waals surface area contributed by atoms with Crippen LogP contribution in [0.4, 0.5) is 14.9 Å². The van der Waals surface area contributed by atoms with Crippen LogP contribution in [0, 0.1) is 5.82 Å². The summed E-state index contributed by atoms with van der Waals surface area (Å²) in [4.78, 5) is 19.3. The molecule has 1 saturated heterocycles. The lowest BCUT2D eigenvalue weighted by Crippen LogP contribution is -2.58. The quantitative estimate of drug-likeness (QED) is 0.598. The zero-order chi connectivity index (χ0) is 22.6. The van der Waals surface area contributed by atoms with E-state index in [0.717, 1.165) is 0 Å². The van der Waals surface area contributed by atoms with Crippen molar-refractivity contribution >= 4 is 34.3 Å². The topological polar surface area (TPSA) is 95.4 Å². The third-order valence-electron chi connectivity index (χ3n) is 5.93. The third kappa shape index (κ3) is 3.03. The van der Waals surface area contributed by atoms with Gasteiger partial charge in [-0.25, -0.2) is 9.18 Å². The monoisotopic (exact) mass is 459 g/mol. The Kier molecular flexibility index (Phi) is 4.85. The van der Waals surface area contributed by atoms with E-state index < -0.39 is 11.9 Å². The molecule has 2 aromatic carbocycles. The summed E-state index contributed by atoms with van der Waals surface area (Å²) in [6.07, 6.45) is 0.612. The number of methoxy groups -OCH3 is 1. The molecule has 2 N–H and O–H groups in total. The second-order valence-corrected chi connectivity index (χ2v) is 8.04.